The van der Waals surface area contributed by atoms with E-state index in [9.17, 15) is 0 Å². The molecule has 5 aromatic carbocycles. The first-order valence-electron chi connectivity index (χ1n) is 14.2. The molecule has 40 heavy (non-hydrogen) atoms. The number of anilines is 3. The fraction of sp³-hybridized carbons (Fsp3) is 0.105. The van der Waals surface area contributed by atoms with Gasteiger partial charge in [-0.1, -0.05) is 98.8 Å². The van der Waals surface area contributed by atoms with Crippen molar-refractivity contribution in [2.24, 2.45) is 0 Å². The third-order valence-corrected chi connectivity index (χ3v) is 8.26. The summed E-state index contributed by atoms with van der Waals surface area (Å²) in [5, 5.41) is 2.47. The summed E-state index contributed by atoms with van der Waals surface area (Å²) in [6, 6.07) is 48.5. The normalized spacial score (nSPS) is 14.1. The van der Waals surface area contributed by atoms with E-state index in [1.54, 1.807) is 0 Å². The largest absolute Gasteiger partial charge is 0.355 e. The molecule has 0 bridgehead atoms. The fourth-order valence-corrected chi connectivity index (χ4v) is 6.10. The van der Waals surface area contributed by atoms with Crippen LogP contribution in [0.15, 0.2) is 133 Å². The lowest BCUT2D eigenvalue weighted by atomic mass is 9.84. The van der Waals surface area contributed by atoms with Gasteiger partial charge in [0.05, 0.1) is 0 Å². The number of hydrogen-bond donors (Lipinski definition) is 1. The first kappa shape index (κ1) is 24.2. The van der Waals surface area contributed by atoms with Gasteiger partial charge in [0.2, 0.25) is 0 Å². The molecule has 0 amide bonds. The Hall–Kier alpha value is -4.82. The molecule has 0 fully saturated rings. The molecule has 0 saturated heterocycles. The second kappa shape index (κ2) is 10.1. The van der Waals surface area contributed by atoms with E-state index in [1.807, 2.05) is 0 Å². The van der Waals surface area contributed by atoms with Crippen molar-refractivity contribution in [2.45, 2.75) is 26.2 Å². The number of rotatable bonds is 3. The third kappa shape index (κ3) is 4.13. The zero-order valence-electron chi connectivity index (χ0n) is 22.9. The monoisotopic (exact) mass is 516 g/mol. The second-order valence-corrected chi connectivity index (χ2v) is 10.6. The van der Waals surface area contributed by atoms with E-state index in [0.29, 0.717) is 5.92 Å². The van der Waals surface area contributed by atoms with Crippen molar-refractivity contribution >= 4 is 38.9 Å². The summed E-state index contributed by atoms with van der Waals surface area (Å²) in [6.07, 6.45) is 1.01. The van der Waals surface area contributed by atoms with Crippen LogP contribution < -0.4 is 4.90 Å². The van der Waals surface area contributed by atoms with Crippen LogP contribution in [0.3, 0.4) is 0 Å². The number of nitrogens with one attached hydrogen (secondary N) is 1. The Kier molecular flexibility index (Phi) is 6.09. The SMILES string of the molecule is CCc1cccccc2c(cc1)[nH]c1ccc(-c3ccc4c(c3)C(C)c3ccccc3N4c3ccccc3)cc12. The van der Waals surface area contributed by atoms with Gasteiger partial charge in [-0.05, 0) is 82.8 Å². The molecular formula is C38H32N2. The third-order valence-electron chi connectivity index (χ3n) is 8.26. The molecule has 1 aromatic heterocycles. The minimum Gasteiger partial charge on any atom is -0.355 e. The number of aromatic nitrogens is 1. The Morgan fingerprint density at radius 1 is 0.575 bits per heavy atom. The van der Waals surface area contributed by atoms with Gasteiger partial charge in [0.1, 0.15) is 0 Å². The van der Waals surface area contributed by atoms with Crippen LogP contribution >= 0.6 is 0 Å². The van der Waals surface area contributed by atoms with Gasteiger partial charge in [0.25, 0.3) is 0 Å². The van der Waals surface area contributed by atoms with Crippen LogP contribution in [0.1, 0.15) is 36.5 Å². The molecule has 0 aliphatic carbocycles. The maximum Gasteiger partial charge on any atom is 0.0500 e. The Morgan fingerprint density at radius 3 is 2.08 bits per heavy atom. The number of H-pyrrole nitrogens is 1. The van der Waals surface area contributed by atoms with Crippen molar-refractivity contribution in [2.75, 3.05) is 4.90 Å². The highest BCUT2D eigenvalue weighted by molar-refractivity contribution is 6.08. The summed E-state index contributed by atoms with van der Waals surface area (Å²) in [5.41, 5.74) is 12.5. The van der Waals surface area contributed by atoms with Crippen molar-refractivity contribution < 1.29 is 0 Å². The highest BCUT2D eigenvalue weighted by Crippen LogP contribution is 2.49. The summed E-state index contributed by atoms with van der Waals surface area (Å²) in [4.78, 5) is 6.06. The molecule has 0 saturated carbocycles. The average Bonchev–Trinajstić information content (AvgIpc) is 3.36. The molecule has 1 unspecified atom stereocenters. The number of benzene rings is 4. The lowest BCUT2D eigenvalue weighted by Crippen LogP contribution is -2.20. The van der Waals surface area contributed by atoms with Gasteiger partial charge < -0.3 is 9.88 Å². The van der Waals surface area contributed by atoms with Gasteiger partial charge >= 0.3 is 0 Å². The Balaban J connectivity index is 1.38. The molecule has 7 rings (SSSR count). The van der Waals surface area contributed by atoms with E-state index in [0.717, 1.165) is 17.5 Å². The molecule has 1 aliphatic rings. The van der Waals surface area contributed by atoms with E-state index >= 15 is 0 Å². The number of aromatic amines is 1. The predicted molar refractivity (Wildman–Crippen MR) is 170 cm³/mol. The second-order valence-electron chi connectivity index (χ2n) is 10.6. The van der Waals surface area contributed by atoms with Crippen LogP contribution in [-0.4, -0.2) is 4.98 Å². The molecular weight excluding hydrogens is 484 g/mol. The number of aryl methyl sites for hydroxylation is 1. The van der Waals surface area contributed by atoms with Gasteiger partial charge in [0, 0.05) is 44.8 Å². The smallest absolute Gasteiger partial charge is 0.0500 e. The van der Waals surface area contributed by atoms with Crippen LogP contribution in [0, 0.1) is 0 Å². The molecule has 1 aliphatic heterocycles. The van der Waals surface area contributed by atoms with Crippen LogP contribution in [0.5, 0.6) is 0 Å². The Labute approximate surface area is 235 Å². The van der Waals surface area contributed by atoms with E-state index in [4.69, 9.17) is 0 Å². The minimum absolute atomic E-state index is 0.301. The van der Waals surface area contributed by atoms with Crippen molar-refractivity contribution in [1.82, 2.24) is 4.98 Å². The molecule has 2 nitrogen and oxygen atoms in total. The van der Waals surface area contributed by atoms with Gasteiger partial charge in [-0.2, -0.15) is 0 Å². The zero-order chi connectivity index (χ0) is 27.1. The highest BCUT2D eigenvalue weighted by atomic mass is 15.2. The van der Waals surface area contributed by atoms with Gasteiger partial charge in [0.15, 0.2) is 0 Å². The topological polar surface area (TPSA) is 19.0 Å². The zero-order valence-corrected chi connectivity index (χ0v) is 22.9. The summed E-state index contributed by atoms with van der Waals surface area (Å²) in [5.74, 6) is 0.301. The van der Waals surface area contributed by atoms with E-state index in [1.165, 1.54) is 55.7 Å². The average molecular weight is 517 g/mol. The van der Waals surface area contributed by atoms with Crippen LogP contribution in [0.25, 0.3) is 32.9 Å². The van der Waals surface area contributed by atoms with Gasteiger partial charge in [-0.25, -0.2) is 0 Å². The maximum absolute atomic E-state index is 3.65. The molecule has 2 heteroatoms. The number of nitrogens with zero attached hydrogens (tertiary/aromatic N) is 1. The number of fused-ring (bicyclic) bond motifs is 5. The molecule has 1 N–H and O–H groups in total. The lowest BCUT2D eigenvalue weighted by molar-refractivity contribution is 0.892. The van der Waals surface area contributed by atoms with Crippen molar-refractivity contribution in [1.29, 1.82) is 0 Å². The van der Waals surface area contributed by atoms with E-state index in [-0.39, 0.29) is 0 Å². The maximum atomic E-state index is 3.65. The highest BCUT2D eigenvalue weighted by Gasteiger charge is 2.29. The van der Waals surface area contributed by atoms with Crippen LogP contribution in [0.2, 0.25) is 0 Å². The molecule has 194 valence electrons. The Bertz CT molecular complexity index is 1910. The van der Waals surface area contributed by atoms with Crippen molar-refractivity contribution in [3.05, 3.63) is 150 Å². The molecule has 1 atom stereocenters. The number of para-hydroxylation sites is 2. The molecule has 0 spiro atoms. The quantitative estimate of drug-likeness (QED) is 0.248. The van der Waals surface area contributed by atoms with Crippen LogP contribution in [0.4, 0.5) is 17.1 Å². The van der Waals surface area contributed by atoms with Crippen molar-refractivity contribution in [3.63, 3.8) is 0 Å². The standard InChI is InChI=1S/C38H32N2/c1-3-27-12-6-4-9-16-32-34-25-28(19-22-36(34)39-35(32)21-18-27)29-20-23-38-33(24-29)26(2)31-15-10-11-17-37(31)40(38)30-13-7-5-8-14-30/h4-26,39H,3H2,1-2H3. The van der Waals surface area contributed by atoms with Gasteiger partial charge in [-0.3, -0.25) is 0 Å². The first-order chi connectivity index (χ1) is 19.7. The Morgan fingerprint density at radius 2 is 1.23 bits per heavy atom. The lowest BCUT2D eigenvalue weighted by Gasteiger charge is -2.37. The molecule has 0 radical (unpaired) electrons. The van der Waals surface area contributed by atoms with Crippen molar-refractivity contribution in [3.8, 4) is 11.1 Å². The van der Waals surface area contributed by atoms with E-state index < -0.39 is 0 Å². The summed E-state index contributed by atoms with van der Waals surface area (Å²) < 4.78 is 0. The summed E-state index contributed by atoms with van der Waals surface area (Å²) in [6.45, 7) is 4.53. The molecule has 2 heterocycles. The fourth-order valence-electron chi connectivity index (χ4n) is 6.10. The van der Waals surface area contributed by atoms with E-state index in [2.05, 4.69) is 157 Å². The summed E-state index contributed by atoms with van der Waals surface area (Å²) >= 11 is 0. The minimum atomic E-state index is 0.301. The summed E-state index contributed by atoms with van der Waals surface area (Å²) in [7, 11) is 0. The predicted octanol–water partition coefficient (Wildman–Crippen LogP) is 10.6. The van der Waals surface area contributed by atoms with Gasteiger partial charge in [-0.15, -0.1) is 0 Å². The van der Waals surface area contributed by atoms with Crippen LogP contribution in [-0.2, 0) is 6.42 Å². The first-order valence-corrected chi connectivity index (χ1v) is 14.2. The molecule has 6 aromatic rings. The number of hydrogen-bond acceptors (Lipinski definition) is 1.